The molecule has 0 rings (SSSR count). The summed E-state index contributed by atoms with van der Waals surface area (Å²) in [6.07, 6.45) is 0. The molecule has 0 aliphatic carbocycles. The maximum absolute atomic E-state index is 10.9. The molecule has 1 unspecified atom stereocenters. The first-order valence-electron chi connectivity index (χ1n) is 3.70. The van der Waals surface area contributed by atoms with Crippen LogP contribution in [0.1, 0.15) is 20.8 Å². The molecule has 66 valence electrons. The predicted molar refractivity (Wildman–Crippen MR) is 49.1 cm³/mol. The summed E-state index contributed by atoms with van der Waals surface area (Å²) in [6.45, 7) is 6.11. The highest BCUT2D eigenvalue weighted by Gasteiger charge is 2.11. The molecule has 0 heterocycles. The number of carbonyl (C=O) groups excluding carboxylic acids is 1. The molecule has 0 aromatic heterocycles. The molecule has 0 aromatic carbocycles. The van der Waals surface area contributed by atoms with Crippen molar-refractivity contribution in [3.63, 3.8) is 0 Å². The second-order valence-electron chi connectivity index (χ2n) is 2.88. The number of nitrogens with one attached hydrogen (secondary N) is 1. The first kappa shape index (κ1) is 10.8. The number of hydrogen-bond donors (Lipinski definition) is 2. The zero-order chi connectivity index (χ0) is 8.85. The van der Waals surface area contributed by atoms with Crippen molar-refractivity contribution in [3.8, 4) is 0 Å². The van der Waals surface area contributed by atoms with Gasteiger partial charge in [0.25, 0.3) is 0 Å². The lowest BCUT2D eigenvalue weighted by molar-refractivity contribution is -0.120. The van der Waals surface area contributed by atoms with Gasteiger partial charge < -0.3 is 0 Å². The van der Waals surface area contributed by atoms with E-state index in [1.165, 1.54) is 0 Å². The number of thioether (sulfide) groups is 1. The average Bonchev–Trinajstić information content (AvgIpc) is 1.98. The lowest BCUT2D eigenvalue weighted by Gasteiger charge is -2.10. The Morgan fingerprint density at radius 2 is 2.09 bits per heavy atom. The molecule has 0 spiro atoms. The molecule has 1 amide bonds. The molecule has 0 saturated carbocycles. The number of hydrogen-bond acceptors (Lipinski definition) is 3. The first-order valence-corrected chi connectivity index (χ1v) is 4.74. The molecular weight excluding hydrogens is 160 g/mol. The zero-order valence-electron chi connectivity index (χ0n) is 7.26. The Morgan fingerprint density at radius 1 is 1.55 bits per heavy atom. The van der Waals surface area contributed by atoms with E-state index in [0.717, 1.165) is 5.75 Å². The van der Waals surface area contributed by atoms with Crippen LogP contribution in [0.2, 0.25) is 0 Å². The second-order valence-corrected chi connectivity index (χ2v) is 4.25. The maximum atomic E-state index is 10.9. The Balaban J connectivity index is 3.52. The van der Waals surface area contributed by atoms with Crippen molar-refractivity contribution in [2.45, 2.75) is 26.0 Å². The number of hydrazine groups is 1. The standard InChI is InChI=1S/C7H16N2OS/c1-5(2)4-11-6(3)7(10)9-8/h5-6H,4,8H2,1-3H3,(H,9,10). The molecule has 3 nitrogen and oxygen atoms in total. The third kappa shape index (κ3) is 5.09. The quantitative estimate of drug-likeness (QED) is 0.377. The van der Waals surface area contributed by atoms with E-state index in [2.05, 4.69) is 19.3 Å². The van der Waals surface area contributed by atoms with Gasteiger partial charge in [-0.1, -0.05) is 13.8 Å². The third-order valence-electron chi connectivity index (χ3n) is 1.19. The van der Waals surface area contributed by atoms with Gasteiger partial charge in [0.05, 0.1) is 5.25 Å². The monoisotopic (exact) mass is 176 g/mol. The molecule has 0 fully saturated rings. The molecule has 0 aromatic rings. The Morgan fingerprint density at radius 3 is 2.45 bits per heavy atom. The van der Waals surface area contributed by atoms with E-state index >= 15 is 0 Å². The molecule has 0 aliphatic heterocycles. The Kier molecular flexibility index (Phi) is 5.32. The van der Waals surface area contributed by atoms with E-state index in [4.69, 9.17) is 5.84 Å². The summed E-state index contributed by atoms with van der Waals surface area (Å²) in [5.74, 6) is 6.48. The molecule has 0 radical (unpaired) electrons. The van der Waals surface area contributed by atoms with E-state index in [0.29, 0.717) is 5.92 Å². The normalized spacial score (nSPS) is 13.2. The number of amides is 1. The minimum Gasteiger partial charge on any atom is -0.293 e. The van der Waals surface area contributed by atoms with Crippen LogP contribution in [0, 0.1) is 5.92 Å². The Bertz CT molecular complexity index is 128. The van der Waals surface area contributed by atoms with Gasteiger partial charge in [-0.05, 0) is 18.6 Å². The summed E-state index contributed by atoms with van der Waals surface area (Å²) in [4.78, 5) is 10.9. The summed E-state index contributed by atoms with van der Waals surface area (Å²) in [5.41, 5.74) is 2.13. The highest BCUT2D eigenvalue weighted by Crippen LogP contribution is 2.13. The molecule has 0 aliphatic rings. The molecule has 0 bridgehead atoms. The number of nitrogens with two attached hydrogens (primary N) is 1. The minimum absolute atomic E-state index is 0.0394. The van der Waals surface area contributed by atoms with E-state index in [-0.39, 0.29) is 11.2 Å². The van der Waals surface area contributed by atoms with Crippen molar-refractivity contribution < 1.29 is 4.79 Å². The maximum Gasteiger partial charge on any atom is 0.246 e. The first-order chi connectivity index (χ1) is 5.07. The van der Waals surface area contributed by atoms with Gasteiger partial charge in [0.1, 0.15) is 0 Å². The number of rotatable bonds is 4. The van der Waals surface area contributed by atoms with Crippen LogP contribution in [-0.2, 0) is 4.79 Å². The van der Waals surface area contributed by atoms with Crippen molar-refractivity contribution in [1.29, 1.82) is 0 Å². The fourth-order valence-corrected chi connectivity index (χ4v) is 1.42. The predicted octanol–water partition coefficient (Wildman–Crippen LogP) is 0.754. The van der Waals surface area contributed by atoms with Gasteiger partial charge >= 0.3 is 0 Å². The van der Waals surface area contributed by atoms with Crippen molar-refractivity contribution in [1.82, 2.24) is 5.43 Å². The molecule has 1 atom stereocenters. The van der Waals surface area contributed by atoms with Crippen LogP contribution in [0.4, 0.5) is 0 Å². The van der Waals surface area contributed by atoms with Crippen LogP contribution >= 0.6 is 11.8 Å². The fourth-order valence-electron chi connectivity index (χ4n) is 0.530. The number of carbonyl (C=O) groups is 1. The van der Waals surface area contributed by atoms with Gasteiger partial charge in [-0.15, -0.1) is 11.8 Å². The SMILES string of the molecule is CC(C)CSC(C)C(=O)NN. The van der Waals surface area contributed by atoms with Gasteiger partial charge in [-0.2, -0.15) is 0 Å². The van der Waals surface area contributed by atoms with Crippen LogP contribution in [-0.4, -0.2) is 16.9 Å². The molecule has 3 N–H and O–H groups in total. The summed E-state index contributed by atoms with van der Waals surface area (Å²) >= 11 is 1.63. The van der Waals surface area contributed by atoms with Crippen molar-refractivity contribution in [2.24, 2.45) is 11.8 Å². The highest BCUT2D eigenvalue weighted by atomic mass is 32.2. The Hall–Kier alpha value is -0.220. The van der Waals surface area contributed by atoms with Crippen molar-refractivity contribution in [2.75, 3.05) is 5.75 Å². The van der Waals surface area contributed by atoms with Crippen LogP contribution in [0.3, 0.4) is 0 Å². The zero-order valence-corrected chi connectivity index (χ0v) is 8.07. The molecule has 4 heteroatoms. The topological polar surface area (TPSA) is 55.1 Å². The summed E-state index contributed by atoms with van der Waals surface area (Å²) < 4.78 is 0. The summed E-state index contributed by atoms with van der Waals surface area (Å²) in [6, 6.07) is 0. The van der Waals surface area contributed by atoms with Gasteiger partial charge in [0.15, 0.2) is 0 Å². The smallest absolute Gasteiger partial charge is 0.246 e. The third-order valence-corrected chi connectivity index (χ3v) is 2.76. The van der Waals surface area contributed by atoms with Gasteiger partial charge in [0, 0.05) is 0 Å². The highest BCUT2D eigenvalue weighted by molar-refractivity contribution is 8.00. The fraction of sp³-hybridized carbons (Fsp3) is 0.857. The van der Waals surface area contributed by atoms with Crippen molar-refractivity contribution >= 4 is 17.7 Å². The average molecular weight is 176 g/mol. The molecular formula is C7H16N2OS. The lowest BCUT2D eigenvalue weighted by atomic mass is 10.3. The molecule has 0 saturated heterocycles. The van der Waals surface area contributed by atoms with Crippen LogP contribution in [0.15, 0.2) is 0 Å². The second kappa shape index (κ2) is 5.43. The van der Waals surface area contributed by atoms with E-state index < -0.39 is 0 Å². The van der Waals surface area contributed by atoms with E-state index in [1.807, 2.05) is 6.92 Å². The summed E-state index contributed by atoms with van der Waals surface area (Å²) in [7, 11) is 0. The van der Waals surface area contributed by atoms with E-state index in [9.17, 15) is 4.79 Å². The van der Waals surface area contributed by atoms with Gasteiger partial charge in [-0.25, -0.2) is 5.84 Å². The van der Waals surface area contributed by atoms with Crippen molar-refractivity contribution in [3.05, 3.63) is 0 Å². The van der Waals surface area contributed by atoms with Crippen LogP contribution in [0.25, 0.3) is 0 Å². The molecule has 11 heavy (non-hydrogen) atoms. The van der Waals surface area contributed by atoms with Gasteiger partial charge in [-0.3, -0.25) is 10.2 Å². The Labute approximate surface area is 72.1 Å². The summed E-state index contributed by atoms with van der Waals surface area (Å²) in [5, 5.41) is -0.0394. The lowest BCUT2D eigenvalue weighted by Crippen LogP contribution is -2.36. The largest absolute Gasteiger partial charge is 0.293 e. The van der Waals surface area contributed by atoms with Crippen LogP contribution < -0.4 is 11.3 Å². The minimum atomic E-state index is -0.101. The van der Waals surface area contributed by atoms with Gasteiger partial charge in [0.2, 0.25) is 5.91 Å². The van der Waals surface area contributed by atoms with E-state index in [1.54, 1.807) is 11.8 Å². The van der Waals surface area contributed by atoms with Crippen LogP contribution in [0.5, 0.6) is 0 Å².